The Morgan fingerprint density at radius 3 is 2.96 bits per heavy atom. The summed E-state index contributed by atoms with van der Waals surface area (Å²) in [5.74, 6) is 1.25. The summed E-state index contributed by atoms with van der Waals surface area (Å²) < 4.78 is 11.9. The van der Waals surface area contributed by atoms with Crippen LogP contribution in [0.15, 0.2) is 59.6 Å². The first-order valence-electron chi connectivity index (χ1n) is 10.1. The van der Waals surface area contributed by atoms with Gasteiger partial charge in [-0.3, -0.25) is 10.3 Å². The lowest BCUT2D eigenvalue weighted by atomic mass is 9.83. The van der Waals surface area contributed by atoms with Gasteiger partial charge in [0.2, 0.25) is 0 Å². The highest BCUT2D eigenvalue weighted by Crippen LogP contribution is 2.45. The van der Waals surface area contributed by atoms with Crippen molar-refractivity contribution in [1.29, 1.82) is 0 Å². The van der Waals surface area contributed by atoms with E-state index in [0.717, 1.165) is 24.3 Å². The van der Waals surface area contributed by atoms with Crippen LogP contribution in [0, 0.1) is 5.92 Å². The molecule has 5 nitrogen and oxygen atoms in total. The van der Waals surface area contributed by atoms with E-state index in [0.29, 0.717) is 12.3 Å². The zero-order valence-corrected chi connectivity index (χ0v) is 16.0. The minimum absolute atomic E-state index is 0.115. The number of aliphatic hydroxyl groups is 1. The van der Waals surface area contributed by atoms with E-state index >= 15 is 0 Å². The van der Waals surface area contributed by atoms with Crippen molar-refractivity contribution in [1.82, 2.24) is 5.32 Å². The minimum atomic E-state index is -0.555. The Kier molecular flexibility index (Phi) is 4.67. The van der Waals surface area contributed by atoms with Crippen molar-refractivity contribution in [2.24, 2.45) is 10.9 Å². The van der Waals surface area contributed by atoms with Crippen molar-refractivity contribution in [3.8, 4) is 5.75 Å². The average Bonchev–Trinajstić information content (AvgIpc) is 3.12. The van der Waals surface area contributed by atoms with Gasteiger partial charge in [-0.05, 0) is 25.0 Å². The van der Waals surface area contributed by atoms with E-state index in [-0.39, 0.29) is 24.4 Å². The maximum atomic E-state index is 10.4. The molecule has 2 N–H and O–H groups in total. The van der Waals surface area contributed by atoms with E-state index in [1.54, 1.807) is 7.11 Å². The molecule has 5 rings (SSSR count). The Balaban J connectivity index is 1.54. The fourth-order valence-electron chi connectivity index (χ4n) is 4.78. The summed E-state index contributed by atoms with van der Waals surface area (Å²) in [5.41, 5.74) is 3.48. The third-order valence-corrected chi connectivity index (χ3v) is 6.20. The number of nitrogens with zero attached hydrogens (tertiary/aromatic N) is 1. The predicted octanol–water partition coefficient (Wildman–Crippen LogP) is 3.07. The normalized spacial score (nSPS) is 35.9. The number of hydrogen-bond acceptors (Lipinski definition) is 5. The lowest BCUT2D eigenvalue weighted by Crippen LogP contribution is -2.50. The molecule has 1 aromatic carbocycles. The van der Waals surface area contributed by atoms with Crippen molar-refractivity contribution in [2.75, 3.05) is 7.11 Å². The predicted molar refractivity (Wildman–Crippen MR) is 109 cm³/mol. The molecule has 0 radical (unpaired) electrons. The molecule has 2 aliphatic carbocycles. The molecular formula is C23H26N2O3. The van der Waals surface area contributed by atoms with Gasteiger partial charge in [0, 0.05) is 42.2 Å². The molecule has 0 fully saturated rings. The Labute approximate surface area is 165 Å². The van der Waals surface area contributed by atoms with Gasteiger partial charge in [0.25, 0.3) is 0 Å². The van der Waals surface area contributed by atoms with Gasteiger partial charge in [0.1, 0.15) is 24.2 Å². The van der Waals surface area contributed by atoms with Gasteiger partial charge < -0.3 is 14.6 Å². The molecule has 0 aromatic heterocycles. The van der Waals surface area contributed by atoms with Crippen LogP contribution in [0.25, 0.3) is 0 Å². The van der Waals surface area contributed by atoms with Gasteiger partial charge in [-0.2, -0.15) is 0 Å². The van der Waals surface area contributed by atoms with E-state index in [2.05, 4.69) is 35.7 Å². The minimum Gasteiger partial charge on any atom is -0.485 e. The third-order valence-electron chi connectivity index (χ3n) is 6.20. The van der Waals surface area contributed by atoms with E-state index in [1.807, 2.05) is 24.3 Å². The van der Waals surface area contributed by atoms with Crippen LogP contribution in [0.1, 0.15) is 36.3 Å². The molecule has 0 saturated carbocycles. The Morgan fingerprint density at radius 1 is 1.21 bits per heavy atom. The van der Waals surface area contributed by atoms with Crippen molar-refractivity contribution in [2.45, 2.75) is 49.8 Å². The maximum Gasteiger partial charge on any atom is 0.124 e. The number of aliphatic imine (C=N–C) groups is 1. The number of ether oxygens (including phenoxy) is 2. The highest BCUT2D eigenvalue weighted by molar-refractivity contribution is 6.03. The first-order valence-corrected chi connectivity index (χ1v) is 10.1. The van der Waals surface area contributed by atoms with Crippen LogP contribution < -0.4 is 10.1 Å². The summed E-state index contributed by atoms with van der Waals surface area (Å²) in [6.07, 6.45) is 14.2. The molecular weight excluding hydrogens is 352 g/mol. The zero-order valence-electron chi connectivity index (χ0n) is 16.0. The van der Waals surface area contributed by atoms with Crippen LogP contribution in [0.2, 0.25) is 0 Å². The molecule has 146 valence electrons. The number of rotatable bonds is 3. The molecule has 1 aromatic rings. The number of methoxy groups -OCH3 is 1. The summed E-state index contributed by atoms with van der Waals surface area (Å²) in [5, 5.41) is 13.9. The number of nitrogens with one attached hydrogen (secondary N) is 1. The van der Waals surface area contributed by atoms with Gasteiger partial charge in [0.05, 0.1) is 6.10 Å². The Morgan fingerprint density at radius 2 is 2.11 bits per heavy atom. The second kappa shape index (κ2) is 7.32. The second-order valence-electron chi connectivity index (χ2n) is 7.87. The molecule has 0 spiro atoms. The molecule has 0 amide bonds. The van der Waals surface area contributed by atoms with Crippen LogP contribution in [0.4, 0.5) is 0 Å². The van der Waals surface area contributed by atoms with E-state index in [4.69, 9.17) is 14.5 Å². The lowest BCUT2D eigenvalue weighted by Gasteiger charge is -2.35. The van der Waals surface area contributed by atoms with Crippen molar-refractivity contribution >= 4 is 5.71 Å². The molecule has 0 saturated heterocycles. The van der Waals surface area contributed by atoms with Gasteiger partial charge in [-0.1, -0.05) is 42.5 Å². The Bertz CT molecular complexity index is 873. The summed E-state index contributed by atoms with van der Waals surface area (Å²) in [4.78, 5) is 5.05. The van der Waals surface area contributed by atoms with E-state index in [9.17, 15) is 5.11 Å². The number of benzene rings is 1. The summed E-state index contributed by atoms with van der Waals surface area (Å²) >= 11 is 0. The monoisotopic (exact) mass is 378 g/mol. The molecule has 0 bridgehead atoms. The number of allylic oxidation sites excluding steroid dienone is 3. The van der Waals surface area contributed by atoms with Gasteiger partial charge in [-0.25, -0.2) is 0 Å². The first kappa shape index (κ1) is 17.9. The molecule has 6 unspecified atom stereocenters. The standard InChI is InChI=1S/C23H26N2O3/c1-27-21-13-17(24-23(25-21)15-7-2-4-10-18(15)26)14-9-6-12-20-22(14)16-8-3-5-11-19(16)28-20/h2,4-7,9-12,15-16,18-19,21,23,25-26H,3,8,13H2,1H3. The summed E-state index contributed by atoms with van der Waals surface area (Å²) in [6, 6.07) is 6.27. The Hall–Kier alpha value is -2.21. The lowest BCUT2D eigenvalue weighted by molar-refractivity contribution is 0.0471. The van der Waals surface area contributed by atoms with Crippen molar-refractivity contribution < 1.29 is 14.6 Å². The number of fused-ring (bicyclic) bond motifs is 3. The summed E-state index contributed by atoms with van der Waals surface area (Å²) in [6.45, 7) is 0. The molecule has 2 aliphatic heterocycles. The molecule has 5 heteroatoms. The van der Waals surface area contributed by atoms with Crippen LogP contribution in [0.5, 0.6) is 5.75 Å². The smallest absolute Gasteiger partial charge is 0.124 e. The first-order chi connectivity index (χ1) is 13.7. The summed E-state index contributed by atoms with van der Waals surface area (Å²) in [7, 11) is 1.71. The topological polar surface area (TPSA) is 63.1 Å². The van der Waals surface area contributed by atoms with E-state index < -0.39 is 6.10 Å². The van der Waals surface area contributed by atoms with Crippen molar-refractivity contribution in [3.05, 3.63) is 65.8 Å². The fourth-order valence-corrected chi connectivity index (χ4v) is 4.78. The number of hydrogen-bond donors (Lipinski definition) is 2. The zero-order chi connectivity index (χ0) is 19.1. The fraction of sp³-hybridized carbons (Fsp3) is 0.435. The van der Waals surface area contributed by atoms with Crippen LogP contribution >= 0.6 is 0 Å². The van der Waals surface area contributed by atoms with Gasteiger partial charge in [0.15, 0.2) is 0 Å². The molecule has 28 heavy (non-hydrogen) atoms. The van der Waals surface area contributed by atoms with Gasteiger partial charge >= 0.3 is 0 Å². The van der Waals surface area contributed by atoms with Gasteiger partial charge in [-0.15, -0.1) is 0 Å². The third kappa shape index (κ3) is 3.04. The molecule has 4 aliphatic rings. The van der Waals surface area contributed by atoms with Crippen molar-refractivity contribution in [3.63, 3.8) is 0 Å². The molecule has 2 heterocycles. The van der Waals surface area contributed by atoms with Crippen LogP contribution in [-0.4, -0.2) is 42.5 Å². The van der Waals surface area contributed by atoms with Crippen LogP contribution in [0.3, 0.4) is 0 Å². The van der Waals surface area contributed by atoms with Crippen LogP contribution in [-0.2, 0) is 4.74 Å². The quantitative estimate of drug-likeness (QED) is 0.794. The molecule has 6 atom stereocenters. The number of aliphatic hydroxyl groups excluding tert-OH is 1. The largest absolute Gasteiger partial charge is 0.485 e. The SMILES string of the molecule is COC1CC(c2cccc3c2C2CCC=CC2O3)=NC(C2C=CC=CC2O)N1. The highest BCUT2D eigenvalue weighted by Gasteiger charge is 2.38. The average molecular weight is 378 g/mol. The van der Waals surface area contributed by atoms with E-state index in [1.165, 1.54) is 11.1 Å². The highest BCUT2D eigenvalue weighted by atomic mass is 16.5. The second-order valence-corrected chi connectivity index (χ2v) is 7.87. The maximum absolute atomic E-state index is 10.4.